The summed E-state index contributed by atoms with van der Waals surface area (Å²) in [6.07, 6.45) is 4.88. The van der Waals surface area contributed by atoms with Gasteiger partial charge in [-0.1, -0.05) is 0 Å². The van der Waals surface area contributed by atoms with E-state index >= 15 is 0 Å². The first-order valence-electron chi connectivity index (χ1n) is 7.24. The van der Waals surface area contributed by atoms with Gasteiger partial charge in [0.05, 0.1) is 31.7 Å². The third-order valence-corrected chi connectivity index (χ3v) is 4.39. The van der Waals surface area contributed by atoms with Crippen molar-refractivity contribution in [3.63, 3.8) is 0 Å². The minimum Gasteiger partial charge on any atom is -0.389 e. The van der Waals surface area contributed by atoms with Gasteiger partial charge in [-0.2, -0.15) is 0 Å². The molecule has 110 valence electrons. The molecule has 2 atom stereocenters. The molecule has 20 heavy (non-hydrogen) atoms. The van der Waals surface area contributed by atoms with Crippen molar-refractivity contribution in [3.8, 4) is 0 Å². The lowest BCUT2D eigenvalue weighted by atomic mass is 9.95. The van der Waals surface area contributed by atoms with Gasteiger partial charge in [0.25, 0.3) is 5.56 Å². The number of aliphatic hydroxyl groups is 1. The molecule has 6 heteroatoms. The van der Waals surface area contributed by atoms with Gasteiger partial charge in [0.1, 0.15) is 0 Å². The van der Waals surface area contributed by atoms with Crippen LogP contribution >= 0.6 is 0 Å². The van der Waals surface area contributed by atoms with E-state index in [0.29, 0.717) is 19.1 Å². The van der Waals surface area contributed by atoms with E-state index in [1.54, 1.807) is 10.9 Å². The summed E-state index contributed by atoms with van der Waals surface area (Å²) in [7, 11) is 0. The van der Waals surface area contributed by atoms with Crippen molar-refractivity contribution in [2.45, 2.75) is 31.5 Å². The van der Waals surface area contributed by atoms with Gasteiger partial charge in [-0.15, -0.1) is 0 Å². The molecular weight excluding hydrogens is 258 g/mol. The molecule has 0 bridgehead atoms. The van der Waals surface area contributed by atoms with Crippen molar-refractivity contribution in [1.82, 2.24) is 14.5 Å². The Labute approximate surface area is 118 Å². The van der Waals surface area contributed by atoms with Crippen LogP contribution in [0.3, 0.4) is 0 Å². The number of hydrogen-bond donors (Lipinski definition) is 1. The summed E-state index contributed by atoms with van der Waals surface area (Å²) in [6, 6.07) is 1.65. The van der Waals surface area contributed by atoms with Gasteiger partial charge < -0.3 is 9.84 Å². The van der Waals surface area contributed by atoms with Gasteiger partial charge in [-0.3, -0.25) is 14.3 Å². The normalized spacial score (nSPS) is 28.9. The standard InChI is InChI=1S/C14H21N3O3/c18-13-9-20-8-12(13)16-5-2-11(3-6-16)7-17-10-15-4-1-14(17)19/h1,4,10-13,18H,2-3,5-9H2. The van der Waals surface area contributed by atoms with E-state index in [1.165, 1.54) is 12.3 Å². The molecule has 0 amide bonds. The average Bonchev–Trinajstić information content (AvgIpc) is 2.89. The number of piperidine rings is 1. The number of ether oxygens (including phenoxy) is 1. The average molecular weight is 279 g/mol. The Bertz CT molecular complexity index is 496. The third kappa shape index (κ3) is 2.92. The lowest BCUT2D eigenvalue weighted by molar-refractivity contribution is 0.0562. The van der Waals surface area contributed by atoms with E-state index in [4.69, 9.17) is 4.74 Å². The Kier molecular flexibility index (Phi) is 4.14. The van der Waals surface area contributed by atoms with E-state index < -0.39 is 0 Å². The van der Waals surface area contributed by atoms with E-state index in [0.717, 1.165) is 32.5 Å². The molecule has 2 saturated heterocycles. The molecule has 0 aromatic carbocycles. The highest BCUT2D eigenvalue weighted by molar-refractivity contribution is 4.88. The molecule has 3 rings (SSSR count). The summed E-state index contributed by atoms with van der Waals surface area (Å²) in [5.74, 6) is 0.507. The van der Waals surface area contributed by atoms with Crippen molar-refractivity contribution in [1.29, 1.82) is 0 Å². The van der Waals surface area contributed by atoms with Crippen LogP contribution in [0.2, 0.25) is 0 Å². The first-order valence-corrected chi connectivity index (χ1v) is 7.24. The van der Waals surface area contributed by atoms with Crippen LogP contribution in [0.25, 0.3) is 0 Å². The highest BCUT2D eigenvalue weighted by atomic mass is 16.5. The summed E-state index contributed by atoms with van der Waals surface area (Å²) in [4.78, 5) is 18.0. The van der Waals surface area contributed by atoms with Crippen molar-refractivity contribution >= 4 is 0 Å². The second-order valence-corrected chi connectivity index (χ2v) is 5.72. The first-order chi connectivity index (χ1) is 9.74. The lowest BCUT2D eigenvalue weighted by Crippen LogP contribution is -2.47. The number of rotatable bonds is 3. The van der Waals surface area contributed by atoms with Gasteiger partial charge >= 0.3 is 0 Å². The maximum Gasteiger partial charge on any atom is 0.253 e. The zero-order valence-corrected chi connectivity index (χ0v) is 11.5. The van der Waals surface area contributed by atoms with Crippen LogP contribution in [0.4, 0.5) is 0 Å². The molecule has 1 aromatic rings. The summed E-state index contributed by atoms with van der Waals surface area (Å²) in [5.41, 5.74) is 0.0158. The summed E-state index contributed by atoms with van der Waals surface area (Å²) in [6.45, 7) is 3.75. The first kappa shape index (κ1) is 13.7. The minimum absolute atomic E-state index is 0.0158. The van der Waals surface area contributed by atoms with Crippen LogP contribution in [0, 0.1) is 5.92 Å². The molecule has 2 fully saturated rings. The summed E-state index contributed by atoms with van der Waals surface area (Å²) in [5, 5.41) is 9.86. The van der Waals surface area contributed by atoms with Crippen LogP contribution in [0.15, 0.2) is 23.4 Å². The predicted octanol–water partition coefficient (Wildman–Crippen LogP) is -0.285. The van der Waals surface area contributed by atoms with Crippen LogP contribution in [-0.2, 0) is 11.3 Å². The molecular formula is C14H21N3O3. The Balaban J connectivity index is 1.54. The quantitative estimate of drug-likeness (QED) is 0.824. The van der Waals surface area contributed by atoms with Gasteiger partial charge in [0, 0.05) is 18.8 Å². The molecule has 3 heterocycles. The van der Waals surface area contributed by atoms with Gasteiger partial charge in [0.2, 0.25) is 0 Å². The Hall–Kier alpha value is -1.24. The zero-order chi connectivity index (χ0) is 13.9. The molecule has 1 N–H and O–H groups in total. The minimum atomic E-state index is -0.354. The van der Waals surface area contributed by atoms with Crippen molar-refractivity contribution in [3.05, 3.63) is 28.9 Å². The highest BCUT2D eigenvalue weighted by Gasteiger charge is 2.33. The van der Waals surface area contributed by atoms with Crippen LogP contribution in [0.1, 0.15) is 12.8 Å². The maximum atomic E-state index is 11.7. The van der Waals surface area contributed by atoms with Gasteiger partial charge in [0.15, 0.2) is 0 Å². The van der Waals surface area contributed by atoms with Gasteiger partial charge in [-0.25, -0.2) is 4.98 Å². The topological polar surface area (TPSA) is 67.6 Å². The Morgan fingerprint density at radius 2 is 2.15 bits per heavy atom. The van der Waals surface area contributed by atoms with Gasteiger partial charge in [-0.05, 0) is 31.8 Å². The number of aliphatic hydroxyl groups excluding tert-OH is 1. The monoisotopic (exact) mass is 279 g/mol. The summed E-state index contributed by atoms with van der Waals surface area (Å²) < 4.78 is 7.00. The van der Waals surface area contributed by atoms with Crippen molar-refractivity contribution < 1.29 is 9.84 Å². The fraction of sp³-hybridized carbons (Fsp3) is 0.714. The fourth-order valence-corrected chi connectivity index (χ4v) is 3.14. The van der Waals surface area contributed by atoms with Crippen LogP contribution in [-0.4, -0.2) is 58.0 Å². The maximum absolute atomic E-state index is 11.7. The SMILES string of the molecule is O=c1ccncn1CC1CCN(C2COCC2O)CC1. The Morgan fingerprint density at radius 3 is 2.80 bits per heavy atom. The number of likely N-dealkylation sites (tertiary alicyclic amines) is 1. The largest absolute Gasteiger partial charge is 0.389 e. The molecule has 1 aromatic heterocycles. The number of aromatic nitrogens is 2. The van der Waals surface area contributed by atoms with Crippen LogP contribution < -0.4 is 5.56 Å². The molecule has 6 nitrogen and oxygen atoms in total. The summed E-state index contributed by atoms with van der Waals surface area (Å²) >= 11 is 0. The number of nitrogens with zero attached hydrogens (tertiary/aromatic N) is 3. The van der Waals surface area contributed by atoms with E-state index in [1.807, 2.05) is 0 Å². The lowest BCUT2D eigenvalue weighted by Gasteiger charge is -2.36. The third-order valence-electron chi connectivity index (χ3n) is 4.39. The predicted molar refractivity (Wildman–Crippen MR) is 73.4 cm³/mol. The van der Waals surface area contributed by atoms with Crippen molar-refractivity contribution in [2.75, 3.05) is 26.3 Å². The van der Waals surface area contributed by atoms with E-state index in [-0.39, 0.29) is 17.7 Å². The molecule has 0 aliphatic carbocycles. The highest BCUT2D eigenvalue weighted by Crippen LogP contribution is 2.23. The number of hydrogen-bond acceptors (Lipinski definition) is 5. The molecule has 0 radical (unpaired) electrons. The van der Waals surface area contributed by atoms with E-state index in [9.17, 15) is 9.90 Å². The molecule has 2 aliphatic heterocycles. The fourth-order valence-electron chi connectivity index (χ4n) is 3.14. The smallest absolute Gasteiger partial charge is 0.253 e. The zero-order valence-electron chi connectivity index (χ0n) is 11.5. The molecule has 0 spiro atoms. The molecule has 2 unspecified atom stereocenters. The van der Waals surface area contributed by atoms with Crippen LogP contribution in [0.5, 0.6) is 0 Å². The second-order valence-electron chi connectivity index (χ2n) is 5.72. The second kappa shape index (κ2) is 6.03. The molecule has 0 saturated carbocycles. The molecule has 2 aliphatic rings. The van der Waals surface area contributed by atoms with E-state index in [2.05, 4.69) is 9.88 Å². The Morgan fingerprint density at radius 1 is 1.35 bits per heavy atom. The van der Waals surface area contributed by atoms with Crippen molar-refractivity contribution in [2.24, 2.45) is 5.92 Å².